The molecule has 2 fully saturated rings. The quantitative estimate of drug-likeness (QED) is 0.585. The van der Waals surface area contributed by atoms with Crippen LogP contribution in [0.1, 0.15) is 56.9 Å². The number of hydrogen-bond acceptors (Lipinski definition) is 5. The molecule has 3 rings (SSSR count). The van der Waals surface area contributed by atoms with Crippen molar-refractivity contribution >= 4 is 11.9 Å². The first kappa shape index (κ1) is 20.8. The molecular weight excluding hydrogens is 362 g/mol. The third kappa shape index (κ3) is 4.37. The number of ether oxygens (including phenoxy) is 1. The summed E-state index contributed by atoms with van der Waals surface area (Å²) in [6, 6.07) is 9.46. The summed E-state index contributed by atoms with van der Waals surface area (Å²) in [6.45, 7) is 1.68. The summed E-state index contributed by atoms with van der Waals surface area (Å²) >= 11 is 0. The highest BCUT2D eigenvalue weighted by molar-refractivity contribution is 5.80. The summed E-state index contributed by atoms with van der Waals surface area (Å²) in [5.74, 6) is -1.31. The van der Waals surface area contributed by atoms with Gasteiger partial charge < -0.3 is 25.4 Å². The molecule has 1 amide bonds. The smallest absolute Gasteiger partial charge is 0.303 e. The van der Waals surface area contributed by atoms with Crippen LogP contribution in [-0.4, -0.2) is 57.2 Å². The van der Waals surface area contributed by atoms with Crippen molar-refractivity contribution in [3.63, 3.8) is 0 Å². The average Bonchev–Trinajstić information content (AvgIpc) is 2.75. The first-order valence-corrected chi connectivity index (χ1v) is 9.82. The topological polar surface area (TPSA) is 116 Å². The Bertz CT molecular complexity index is 710. The number of hydrogen-bond donors (Lipinski definition) is 4. The number of carbonyl (C=O) groups excluding carboxylic acids is 1. The van der Waals surface area contributed by atoms with Gasteiger partial charge in [0.15, 0.2) is 0 Å². The van der Waals surface area contributed by atoms with Crippen molar-refractivity contribution in [3.05, 3.63) is 35.9 Å². The first-order valence-electron chi connectivity index (χ1n) is 9.82. The van der Waals surface area contributed by atoms with E-state index in [0.717, 1.165) is 5.56 Å². The Morgan fingerprint density at radius 1 is 1.21 bits per heavy atom. The molecule has 154 valence electrons. The number of carboxylic acids is 1. The summed E-state index contributed by atoms with van der Waals surface area (Å²) in [6.07, 6.45) is 0.839. The van der Waals surface area contributed by atoms with Gasteiger partial charge in [-0.3, -0.25) is 9.59 Å². The van der Waals surface area contributed by atoms with Crippen LogP contribution in [0.5, 0.6) is 0 Å². The molecule has 1 aromatic carbocycles. The van der Waals surface area contributed by atoms with Crippen LogP contribution in [0, 0.1) is 0 Å². The lowest BCUT2D eigenvalue weighted by molar-refractivity contribution is -0.230. The molecule has 4 N–H and O–H groups in total. The number of carboxylic acid groups (broad SMARTS) is 1. The van der Waals surface area contributed by atoms with Crippen molar-refractivity contribution in [2.24, 2.45) is 0 Å². The minimum absolute atomic E-state index is 0.128. The molecule has 1 aromatic rings. The highest BCUT2D eigenvalue weighted by Crippen LogP contribution is 2.49. The van der Waals surface area contributed by atoms with Crippen molar-refractivity contribution in [1.29, 1.82) is 0 Å². The molecule has 2 bridgehead atoms. The summed E-state index contributed by atoms with van der Waals surface area (Å²) < 4.78 is 6.30. The zero-order valence-electron chi connectivity index (χ0n) is 16.1. The molecule has 2 aliphatic heterocycles. The number of aliphatic carboxylic acids is 1. The molecule has 7 nitrogen and oxygen atoms in total. The number of aliphatic hydroxyl groups is 2. The second-order valence-electron chi connectivity index (χ2n) is 8.32. The molecule has 5 atom stereocenters. The molecule has 2 aliphatic rings. The van der Waals surface area contributed by atoms with Gasteiger partial charge >= 0.3 is 5.97 Å². The Hall–Kier alpha value is -1.96. The lowest BCUT2D eigenvalue weighted by atomic mass is 9.74. The fraction of sp³-hybridized carbons (Fsp3) is 0.619. The summed E-state index contributed by atoms with van der Waals surface area (Å²) in [7, 11) is 0. The van der Waals surface area contributed by atoms with E-state index in [9.17, 15) is 19.8 Å². The van der Waals surface area contributed by atoms with E-state index in [0.29, 0.717) is 25.7 Å². The predicted molar refractivity (Wildman–Crippen MR) is 102 cm³/mol. The Labute approximate surface area is 164 Å². The maximum absolute atomic E-state index is 12.1. The van der Waals surface area contributed by atoms with Crippen LogP contribution in [0.3, 0.4) is 0 Å². The van der Waals surface area contributed by atoms with Crippen LogP contribution < -0.4 is 5.32 Å². The highest BCUT2D eigenvalue weighted by atomic mass is 16.5. The third-order valence-corrected chi connectivity index (χ3v) is 6.11. The van der Waals surface area contributed by atoms with Crippen LogP contribution in [0.2, 0.25) is 0 Å². The SMILES string of the molecule is C[C@]12C[C@@H](c3ccccc3)C[C@](CO)(CC[C@@H](NC(=O)CCC(=O)O)[C@@H]1O)O2. The first-order chi connectivity index (χ1) is 13.3. The van der Waals surface area contributed by atoms with Gasteiger partial charge in [-0.1, -0.05) is 30.3 Å². The van der Waals surface area contributed by atoms with Gasteiger partial charge in [0.05, 0.1) is 30.3 Å². The normalized spacial score (nSPS) is 35.0. The molecule has 2 saturated heterocycles. The average molecular weight is 391 g/mol. The van der Waals surface area contributed by atoms with Crippen molar-refractivity contribution in [1.82, 2.24) is 5.32 Å². The van der Waals surface area contributed by atoms with Crippen LogP contribution in [0.15, 0.2) is 30.3 Å². The molecule has 7 heteroatoms. The van der Waals surface area contributed by atoms with E-state index in [1.54, 1.807) is 0 Å². The van der Waals surface area contributed by atoms with Crippen LogP contribution in [0.4, 0.5) is 0 Å². The van der Waals surface area contributed by atoms with Crippen molar-refractivity contribution in [2.75, 3.05) is 6.61 Å². The van der Waals surface area contributed by atoms with E-state index < -0.39 is 35.2 Å². The number of carbonyl (C=O) groups is 2. The largest absolute Gasteiger partial charge is 0.481 e. The monoisotopic (exact) mass is 391 g/mol. The fourth-order valence-electron chi connectivity index (χ4n) is 4.71. The predicted octanol–water partition coefficient (Wildman–Crippen LogP) is 1.57. The molecular formula is C21H29NO6. The standard InChI is InChI=1S/C21H29NO6/c1-20-11-15(14-5-3-2-4-6-14)12-21(13-23,28-20)10-9-16(19(20)27)22-17(24)7-8-18(25)26/h2-6,15-16,19,23,27H,7-13H2,1H3,(H,22,24)(H,25,26)/t15-,16-,19+,20+,21+/m1/s1. The van der Waals surface area contributed by atoms with E-state index >= 15 is 0 Å². The van der Waals surface area contributed by atoms with Gasteiger partial charge in [0, 0.05) is 6.42 Å². The van der Waals surface area contributed by atoms with Crippen molar-refractivity contribution in [3.8, 4) is 0 Å². The van der Waals surface area contributed by atoms with E-state index in [2.05, 4.69) is 5.32 Å². The summed E-state index contributed by atoms with van der Waals surface area (Å²) in [4.78, 5) is 22.8. The molecule has 0 aromatic heterocycles. The van der Waals surface area contributed by atoms with Gasteiger partial charge in [-0.2, -0.15) is 0 Å². The van der Waals surface area contributed by atoms with Crippen molar-refractivity contribution in [2.45, 2.75) is 74.7 Å². The molecule has 0 saturated carbocycles. The zero-order chi connectivity index (χ0) is 20.4. The Balaban J connectivity index is 1.81. The number of amides is 1. The number of fused-ring (bicyclic) bond motifs is 2. The Kier molecular flexibility index (Phi) is 6.07. The van der Waals surface area contributed by atoms with Crippen LogP contribution in [0.25, 0.3) is 0 Å². The maximum Gasteiger partial charge on any atom is 0.303 e. The van der Waals surface area contributed by atoms with Gasteiger partial charge in [0.25, 0.3) is 0 Å². The Morgan fingerprint density at radius 3 is 2.57 bits per heavy atom. The molecule has 0 aliphatic carbocycles. The van der Waals surface area contributed by atoms with Gasteiger partial charge in [0.2, 0.25) is 5.91 Å². The second-order valence-corrected chi connectivity index (χ2v) is 8.32. The highest BCUT2D eigenvalue weighted by Gasteiger charge is 2.54. The number of rotatable bonds is 6. The number of nitrogens with one attached hydrogen (secondary N) is 1. The molecule has 0 spiro atoms. The minimum Gasteiger partial charge on any atom is -0.481 e. The summed E-state index contributed by atoms with van der Waals surface area (Å²) in [5.41, 5.74) is -0.552. The van der Waals surface area contributed by atoms with E-state index in [4.69, 9.17) is 9.84 Å². The molecule has 0 radical (unpaired) electrons. The fourth-order valence-corrected chi connectivity index (χ4v) is 4.71. The molecule has 2 heterocycles. The molecule has 0 unspecified atom stereocenters. The van der Waals surface area contributed by atoms with Crippen LogP contribution in [-0.2, 0) is 14.3 Å². The van der Waals surface area contributed by atoms with E-state index in [1.165, 1.54) is 0 Å². The number of aliphatic hydroxyl groups excluding tert-OH is 2. The summed E-state index contributed by atoms with van der Waals surface area (Å²) in [5, 5.41) is 32.8. The van der Waals surface area contributed by atoms with Gasteiger partial charge in [-0.15, -0.1) is 0 Å². The minimum atomic E-state index is -1.03. The second kappa shape index (κ2) is 8.19. The molecule has 28 heavy (non-hydrogen) atoms. The lowest BCUT2D eigenvalue weighted by Crippen LogP contribution is -2.58. The lowest BCUT2D eigenvalue weighted by Gasteiger charge is -2.49. The van der Waals surface area contributed by atoms with Gasteiger partial charge in [-0.05, 0) is 44.1 Å². The van der Waals surface area contributed by atoms with Gasteiger partial charge in [0.1, 0.15) is 6.10 Å². The third-order valence-electron chi connectivity index (χ3n) is 6.11. The van der Waals surface area contributed by atoms with E-state index in [1.807, 2.05) is 37.3 Å². The van der Waals surface area contributed by atoms with E-state index in [-0.39, 0.29) is 25.4 Å². The zero-order valence-corrected chi connectivity index (χ0v) is 16.1. The Morgan fingerprint density at radius 2 is 1.93 bits per heavy atom. The van der Waals surface area contributed by atoms with Gasteiger partial charge in [-0.25, -0.2) is 0 Å². The maximum atomic E-state index is 12.1. The number of benzene rings is 1. The van der Waals surface area contributed by atoms with Crippen molar-refractivity contribution < 1.29 is 29.6 Å². The van der Waals surface area contributed by atoms with Crippen LogP contribution >= 0.6 is 0 Å².